The summed E-state index contributed by atoms with van der Waals surface area (Å²) >= 11 is 3.46. The SMILES string of the molecule is CCO[P@](=O)(C#CC(C)(C)C)[C@@H](NCc1ccccc1)c1ccc(Br)cc1. The lowest BCUT2D eigenvalue weighted by Crippen LogP contribution is -2.22. The Morgan fingerprint density at radius 1 is 1.11 bits per heavy atom. The van der Waals surface area contributed by atoms with Crippen LogP contribution in [0.5, 0.6) is 0 Å². The first-order chi connectivity index (χ1) is 12.7. The highest BCUT2D eigenvalue weighted by atomic mass is 79.9. The monoisotopic (exact) mass is 447 g/mol. The molecule has 144 valence electrons. The molecule has 3 nitrogen and oxygen atoms in total. The molecule has 0 saturated carbocycles. The van der Waals surface area contributed by atoms with E-state index in [2.05, 4.69) is 32.8 Å². The van der Waals surface area contributed by atoms with Crippen molar-refractivity contribution in [3.63, 3.8) is 0 Å². The Kier molecular flexibility index (Phi) is 7.89. The molecule has 0 bridgehead atoms. The second kappa shape index (κ2) is 9.71. The molecule has 0 aliphatic carbocycles. The molecule has 27 heavy (non-hydrogen) atoms. The van der Waals surface area contributed by atoms with Crippen LogP contribution in [0.25, 0.3) is 0 Å². The highest BCUT2D eigenvalue weighted by molar-refractivity contribution is 9.10. The van der Waals surface area contributed by atoms with Crippen molar-refractivity contribution in [2.75, 3.05) is 6.61 Å². The molecule has 1 N–H and O–H groups in total. The molecule has 2 aromatic carbocycles. The molecule has 0 aromatic heterocycles. The fourth-order valence-electron chi connectivity index (χ4n) is 2.50. The predicted octanol–water partition coefficient (Wildman–Crippen LogP) is 6.56. The van der Waals surface area contributed by atoms with Crippen molar-refractivity contribution < 1.29 is 9.09 Å². The quantitative estimate of drug-likeness (QED) is 0.385. The number of halogens is 1. The van der Waals surface area contributed by atoms with Gasteiger partial charge < -0.3 is 4.52 Å². The van der Waals surface area contributed by atoms with Gasteiger partial charge in [-0.3, -0.25) is 9.88 Å². The van der Waals surface area contributed by atoms with Crippen molar-refractivity contribution in [2.24, 2.45) is 5.41 Å². The van der Waals surface area contributed by atoms with Crippen LogP contribution in [0.1, 0.15) is 44.6 Å². The van der Waals surface area contributed by atoms with Gasteiger partial charge in [-0.2, -0.15) is 0 Å². The van der Waals surface area contributed by atoms with E-state index in [1.807, 2.05) is 82.3 Å². The molecule has 2 aromatic rings. The minimum absolute atomic E-state index is 0.254. The maximum Gasteiger partial charge on any atom is 0.294 e. The maximum absolute atomic E-state index is 13.8. The Labute approximate surface area is 171 Å². The van der Waals surface area contributed by atoms with Crippen molar-refractivity contribution in [2.45, 2.75) is 40.0 Å². The molecule has 2 rings (SSSR count). The molecular formula is C22H27BrNO2P. The van der Waals surface area contributed by atoms with Crippen molar-refractivity contribution >= 4 is 23.3 Å². The van der Waals surface area contributed by atoms with E-state index in [-0.39, 0.29) is 5.41 Å². The number of rotatable bonds is 7. The Balaban J connectivity index is 2.42. The average molecular weight is 448 g/mol. The van der Waals surface area contributed by atoms with E-state index in [0.717, 1.165) is 15.6 Å². The van der Waals surface area contributed by atoms with Gasteiger partial charge in [0, 0.05) is 16.4 Å². The van der Waals surface area contributed by atoms with Gasteiger partial charge in [-0.25, -0.2) is 0 Å². The van der Waals surface area contributed by atoms with Crippen LogP contribution in [-0.2, 0) is 15.6 Å². The van der Waals surface area contributed by atoms with E-state index in [4.69, 9.17) is 4.52 Å². The van der Waals surface area contributed by atoms with Gasteiger partial charge in [-0.15, -0.1) is 0 Å². The molecule has 0 heterocycles. The van der Waals surface area contributed by atoms with Crippen LogP contribution in [0.2, 0.25) is 0 Å². The minimum Gasteiger partial charge on any atom is -0.319 e. The summed E-state index contributed by atoms with van der Waals surface area (Å²) in [5.74, 6) is 2.62. The number of nitrogens with one attached hydrogen (secondary N) is 1. The standard InChI is InChI=1S/C22H27BrNO2P/c1-5-26-27(25,16-15-22(2,3)4)21(19-11-13-20(23)14-12-19)24-17-18-9-7-6-8-10-18/h6-14,21,24H,5,17H2,1-4H3/t21-,27-/m1/s1. The highest BCUT2D eigenvalue weighted by Gasteiger charge is 2.34. The van der Waals surface area contributed by atoms with Gasteiger partial charge in [0.15, 0.2) is 0 Å². The zero-order chi connectivity index (χ0) is 19.9. The maximum atomic E-state index is 13.8. The Bertz CT molecular complexity index is 833. The molecule has 0 unspecified atom stereocenters. The van der Waals surface area contributed by atoms with Crippen LogP contribution in [0.15, 0.2) is 59.1 Å². The Morgan fingerprint density at radius 3 is 2.30 bits per heavy atom. The molecule has 0 saturated heterocycles. The number of hydrogen-bond acceptors (Lipinski definition) is 3. The van der Waals surface area contributed by atoms with Crippen LogP contribution in [0.3, 0.4) is 0 Å². The van der Waals surface area contributed by atoms with E-state index in [0.29, 0.717) is 13.2 Å². The lowest BCUT2D eigenvalue weighted by atomic mass is 9.99. The first kappa shape index (κ1) is 21.9. The van der Waals surface area contributed by atoms with Crippen molar-refractivity contribution in [1.29, 1.82) is 0 Å². The molecular weight excluding hydrogens is 421 g/mol. The second-order valence-electron chi connectivity index (χ2n) is 7.32. The van der Waals surface area contributed by atoms with E-state index < -0.39 is 13.2 Å². The largest absolute Gasteiger partial charge is 0.319 e. The minimum atomic E-state index is -3.29. The van der Waals surface area contributed by atoms with E-state index in [9.17, 15) is 4.57 Å². The van der Waals surface area contributed by atoms with E-state index >= 15 is 0 Å². The molecule has 0 aliphatic heterocycles. The van der Waals surface area contributed by atoms with Crippen molar-refractivity contribution in [3.05, 3.63) is 70.2 Å². The summed E-state index contributed by atoms with van der Waals surface area (Å²) in [6.45, 7) is 8.78. The zero-order valence-electron chi connectivity index (χ0n) is 16.3. The Morgan fingerprint density at radius 2 is 1.74 bits per heavy atom. The third-order valence-electron chi connectivity index (χ3n) is 3.78. The summed E-state index contributed by atoms with van der Waals surface area (Å²) < 4.78 is 20.5. The average Bonchev–Trinajstić information content (AvgIpc) is 2.62. The molecule has 2 atom stereocenters. The fourth-order valence-corrected chi connectivity index (χ4v) is 4.88. The number of benzene rings is 2. The van der Waals surface area contributed by atoms with Crippen molar-refractivity contribution in [1.82, 2.24) is 5.32 Å². The van der Waals surface area contributed by atoms with E-state index in [1.165, 1.54) is 0 Å². The summed E-state index contributed by atoms with van der Waals surface area (Å²) in [6, 6.07) is 17.8. The fraction of sp³-hybridized carbons (Fsp3) is 0.364. The molecule has 0 radical (unpaired) electrons. The first-order valence-corrected chi connectivity index (χ1v) is 11.5. The lowest BCUT2D eigenvalue weighted by Gasteiger charge is -2.25. The summed E-state index contributed by atoms with van der Waals surface area (Å²) in [4.78, 5) is 0. The second-order valence-corrected chi connectivity index (χ2v) is 10.4. The summed E-state index contributed by atoms with van der Waals surface area (Å²) in [5.41, 5.74) is 4.76. The van der Waals surface area contributed by atoms with Crippen LogP contribution >= 0.6 is 23.3 Å². The van der Waals surface area contributed by atoms with Gasteiger partial charge in [-0.05, 0) is 56.6 Å². The van der Waals surface area contributed by atoms with Gasteiger partial charge >= 0.3 is 0 Å². The molecule has 0 aliphatic rings. The summed E-state index contributed by atoms with van der Waals surface area (Å²) in [6.07, 6.45) is 0. The molecule has 0 amide bonds. The van der Waals surface area contributed by atoms with Gasteiger partial charge in [0.2, 0.25) is 0 Å². The third-order valence-corrected chi connectivity index (χ3v) is 6.53. The van der Waals surface area contributed by atoms with Crippen molar-refractivity contribution in [3.8, 4) is 11.6 Å². The van der Waals surface area contributed by atoms with Gasteiger partial charge in [0.25, 0.3) is 7.37 Å². The lowest BCUT2D eigenvalue weighted by molar-refractivity contribution is 0.328. The molecule has 5 heteroatoms. The summed E-state index contributed by atoms with van der Waals surface area (Å²) in [5, 5.41) is 3.43. The smallest absolute Gasteiger partial charge is 0.294 e. The number of hydrogen-bond donors (Lipinski definition) is 1. The van der Waals surface area contributed by atoms with Crippen LogP contribution < -0.4 is 5.32 Å². The van der Waals surface area contributed by atoms with Crippen LogP contribution in [0.4, 0.5) is 0 Å². The first-order valence-electron chi connectivity index (χ1n) is 9.05. The Hall–Kier alpha value is -1.37. The third kappa shape index (κ3) is 6.94. The van der Waals surface area contributed by atoms with Gasteiger partial charge in [0.05, 0.1) is 6.61 Å². The summed E-state index contributed by atoms with van der Waals surface area (Å²) in [7, 11) is -3.29. The zero-order valence-corrected chi connectivity index (χ0v) is 18.8. The van der Waals surface area contributed by atoms with E-state index in [1.54, 1.807) is 0 Å². The topological polar surface area (TPSA) is 38.3 Å². The van der Waals surface area contributed by atoms with Gasteiger partial charge in [-0.1, -0.05) is 64.3 Å². The van der Waals surface area contributed by atoms with Gasteiger partial charge in [0.1, 0.15) is 5.78 Å². The normalized spacial score (nSPS) is 14.7. The molecule has 0 spiro atoms. The van der Waals surface area contributed by atoms with Crippen LogP contribution in [0, 0.1) is 17.0 Å². The highest BCUT2D eigenvalue weighted by Crippen LogP contribution is 2.58. The molecule has 0 fully saturated rings. The predicted molar refractivity (Wildman–Crippen MR) is 117 cm³/mol. The van der Waals surface area contributed by atoms with Crippen LogP contribution in [-0.4, -0.2) is 6.61 Å².